The van der Waals surface area contributed by atoms with E-state index < -0.39 is 0 Å². The van der Waals surface area contributed by atoms with Crippen molar-refractivity contribution in [3.05, 3.63) is 0 Å². The summed E-state index contributed by atoms with van der Waals surface area (Å²) in [6.45, 7) is 4.07. The maximum Gasteiger partial charge on any atom is 0.116 e. The molecular formula is C8H19N3. The lowest BCUT2D eigenvalue weighted by molar-refractivity contribution is 0.254. The second-order valence-electron chi connectivity index (χ2n) is 3.70. The van der Waals surface area contributed by atoms with Crippen molar-refractivity contribution in [3.8, 4) is 0 Å². The van der Waals surface area contributed by atoms with Crippen LogP contribution in [0.15, 0.2) is 0 Å². The maximum absolute atomic E-state index is 7.76. The van der Waals surface area contributed by atoms with Gasteiger partial charge in [-0.05, 0) is 27.9 Å². The zero-order chi connectivity index (χ0) is 9.23. The highest BCUT2D eigenvalue weighted by Crippen LogP contribution is 2.12. The molecule has 0 aromatic rings. The third kappa shape index (κ3) is 2.19. The molecule has 0 rings (SSSR count). The average molecular weight is 157 g/mol. The standard InChI is InChI=1S/C8H19N3/c1-8(2,11(5)6)7(9)10(3)4/h9H,1-6H3. The summed E-state index contributed by atoms with van der Waals surface area (Å²) in [5.74, 6) is 0.627. The molecule has 0 fully saturated rings. The predicted molar refractivity (Wildman–Crippen MR) is 49.2 cm³/mol. The minimum absolute atomic E-state index is 0.177. The van der Waals surface area contributed by atoms with Crippen molar-refractivity contribution in [2.24, 2.45) is 0 Å². The first kappa shape index (κ1) is 10.4. The van der Waals surface area contributed by atoms with E-state index in [4.69, 9.17) is 5.41 Å². The molecular weight excluding hydrogens is 138 g/mol. The largest absolute Gasteiger partial charge is 0.365 e. The third-order valence-electron chi connectivity index (χ3n) is 2.14. The van der Waals surface area contributed by atoms with Crippen LogP contribution in [0.1, 0.15) is 13.8 Å². The third-order valence-corrected chi connectivity index (χ3v) is 2.14. The van der Waals surface area contributed by atoms with Gasteiger partial charge in [-0.3, -0.25) is 10.3 Å². The molecule has 0 saturated carbocycles. The van der Waals surface area contributed by atoms with Crippen LogP contribution in [0.25, 0.3) is 0 Å². The van der Waals surface area contributed by atoms with Gasteiger partial charge >= 0.3 is 0 Å². The Hall–Kier alpha value is -0.570. The van der Waals surface area contributed by atoms with Crippen molar-refractivity contribution >= 4 is 5.84 Å². The van der Waals surface area contributed by atoms with E-state index in [9.17, 15) is 0 Å². The monoisotopic (exact) mass is 157 g/mol. The Bertz CT molecular complexity index is 147. The molecule has 11 heavy (non-hydrogen) atoms. The molecule has 0 aromatic carbocycles. The molecule has 0 spiro atoms. The average Bonchev–Trinajstić information content (AvgIpc) is 1.85. The Labute approximate surface area is 69.5 Å². The minimum Gasteiger partial charge on any atom is -0.365 e. The van der Waals surface area contributed by atoms with Crippen LogP contribution in [0.2, 0.25) is 0 Å². The van der Waals surface area contributed by atoms with E-state index in [2.05, 4.69) is 0 Å². The maximum atomic E-state index is 7.76. The second-order valence-corrected chi connectivity index (χ2v) is 3.70. The first-order valence-electron chi connectivity index (χ1n) is 3.74. The molecule has 0 atom stereocenters. The van der Waals surface area contributed by atoms with Crippen molar-refractivity contribution < 1.29 is 0 Å². The van der Waals surface area contributed by atoms with E-state index in [-0.39, 0.29) is 5.54 Å². The van der Waals surface area contributed by atoms with Crippen molar-refractivity contribution in [1.29, 1.82) is 5.41 Å². The Morgan fingerprint density at radius 2 is 1.45 bits per heavy atom. The summed E-state index contributed by atoms with van der Waals surface area (Å²) < 4.78 is 0. The molecule has 0 aliphatic rings. The van der Waals surface area contributed by atoms with Gasteiger partial charge in [-0.15, -0.1) is 0 Å². The first-order valence-corrected chi connectivity index (χ1v) is 3.74. The van der Waals surface area contributed by atoms with Crippen LogP contribution >= 0.6 is 0 Å². The van der Waals surface area contributed by atoms with Crippen LogP contribution in [0.3, 0.4) is 0 Å². The molecule has 0 aliphatic carbocycles. The van der Waals surface area contributed by atoms with E-state index in [1.54, 1.807) is 0 Å². The smallest absolute Gasteiger partial charge is 0.116 e. The van der Waals surface area contributed by atoms with E-state index in [0.29, 0.717) is 5.84 Å². The number of likely N-dealkylation sites (N-methyl/N-ethyl adjacent to an activating group) is 2. The van der Waals surface area contributed by atoms with Gasteiger partial charge in [-0.2, -0.15) is 0 Å². The quantitative estimate of drug-likeness (QED) is 0.476. The van der Waals surface area contributed by atoms with E-state index >= 15 is 0 Å². The summed E-state index contributed by atoms with van der Waals surface area (Å²) in [6.07, 6.45) is 0. The summed E-state index contributed by atoms with van der Waals surface area (Å²) in [6, 6.07) is 0. The highest BCUT2D eigenvalue weighted by molar-refractivity contribution is 5.87. The zero-order valence-corrected chi connectivity index (χ0v) is 8.39. The molecule has 3 nitrogen and oxygen atoms in total. The lowest BCUT2D eigenvalue weighted by Gasteiger charge is -2.36. The van der Waals surface area contributed by atoms with Crippen molar-refractivity contribution in [3.63, 3.8) is 0 Å². The van der Waals surface area contributed by atoms with Gasteiger partial charge in [-0.25, -0.2) is 0 Å². The van der Waals surface area contributed by atoms with Gasteiger partial charge in [0.15, 0.2) is 0 Å². The normalized spacial score (nSPS) is 11.9. The van der Waals surface area contributed by atoms with Crippen LogP contribution in [-0.2, 0) is 0 Å². The fourth-order valence-corrected chi connectivity index (χ4v) is 0.759. The topological polar surface area (TPSA) is 30.3 Å². The highest BCUT2D eigenvalue weighted by Gasteiger charge is 2.27. The molecule has 0 radical (unpaired) electrons. The summed E-state index contributed by atoms with van der Waals surface area (Å²) in [5.41, 5.74) is -0.177. The Morgan fingerprint density at radius 1 is 1.09 bits per heavy atom. The van der Waals surface area contributed by atoms with Crippen LogP contribution in [-0.4, -0.2) is 49.4 Å². The van der Waals surface area contributed by atoms with Crippen LogP contribution < -0.4 is 0 Å². The van der Waals surface area contributed by atoms with E-state index in [1.165, 1.54) is 0 Å². The summed E-state index contributed by atoms with van der Waals surface area (Å²) >= 11 is 0. The second kappa shape index (κ2) is 3.22. The van der Waals surface area contributed by atoms with Crippen LogP contribution in [0, 0.1) is 5.41 Å². The molecule has 0 aliphatic heterocycles. The van der Waals surface area contributed by atoms with Gasteiger partial charge in [0, 0.05) is 14.1 Å². The van der Waals surface area contributed by atoms with Crippen molar-refractivity contribution in [2.75, 3.05) is 28.2 Å². The molecule has 1 N–H and O–H groups in total. The molecule has 0 amide bonds. The number of rotatable bonds is 2. The fourth-order valence-electron chi connectivity index (χ4n) is 0.759. The van der Waals surface area contributed by atoms with Crippen LogP contribution in [0.5, 0.6) is 0 Å². The lowest BCUT2D eigenvalue weighted by Crippen LogP contribution is -2.50. The number of nitrogens with zero attached hydrogens (tertiary/aromatic N) is 2. The minimum atomic E-state index is -0.177. The molecule has 0 unspecified atom stereocenters. The lowest BCUT2D eigenvalue weighted by atomic mass is 10.0. The summed E-state index contributed by atoms with van der Waals surface area (Å²) in [5, 5.41) is 7.76. The number of hydrogen-bond acceptors (Lipinski definition) is 2. The van der Waals surface area contributed by atoms with Gasteiger partial charge in [0.1, 0.15) is 5.84 Å². The van der Waals surface area contributed by atoms with Gasteiger partial charge in [0.25, 0.3) is 0 Å². The zero-order valence-electron chi connectivity index (χ0n) is 8.39. The molecule has 0 aromatic heterocycles. The number of amidine groups is 1. The van der Waals surface area contributed by atoms with E-state index in [0.717, 1.165) is 0 Å². The van der Waals surface area contributed by atoms with Gasteiger partial charge in [0.05, 0.1) is 5.54 Å². The van der Waals surface area contributed by atoms with Gasteiger partial charge in [-0.1, -0.05) is 0 Å². The molecule has 0 bridgehead atoms. The Kier molecular flexibility index (Phi) is 3.05. The Morgan fingerprint density at radius 3 is 1.55 bits per heavy atom. The fraction of sp³-hybridized carbons (Fsp3) is 0.875. The van der Waals surface area contributed by atoms with Crippen LogP contribution in [0.4, 0.5) is 0 Å². The highest BCUT2D eigenvalue weighted by atomic mass is 15.2. The van der Waals surface area contributed by atoms with Gasteiger partial charge in [0.2, 0.25) is 0 Å². The summed E-state index contributed by atoms with van der Waals surface area (Å²) in [4.78, 5) is 3.87. The molecule has 0 heterocycles. The first-order chi connectivity index (χ1) is 4.80. The molecule has 66 valence electrons. The predicted octanol–water partition coefficient (Wildman–Crippen LogP) is 0.865. The van der Waals surface area contributed by atoms with Gasteiger partial charge < -0.3 is 4.90 Å². The molecule has 0 saturated heterocycles. The Balaban J connectivity index is 4.43. The van der Waals surface area contributed by atoms with E-state index in [1.807, 2.05) is 51.8 Å². The number of nitrogens with one attached hydrogen (secondary N) is 1. The van der Waals surface area contributed by atoms with Crippen molar-refractivity contribution in [1.82, 2.24) is 9.80 Å². The van der Waals surface area contributed by atoms with Crippen molar-refractivity contribution in [2.45, 2.75) is 19.4 Å². The summed E-state index contributed by atoms with van der Waals surface area (Å²) in [7, 11) is 7.76. The SMILES string of the molecule is CN(C)C(=N)C(C)(C)N(C)C. The number of hydrogen-bond donors (Lipinski definition) is 1. The molecule has 3 heteroatoms.